The number of ether oxygens (including phenoxy) is 1. The molecule has 1 amide bonds. The van der Waals surface area contributed by atoms with Crippen LogP contribution in [0.5, 0.6) is 5.75 Å². The summed E-state index contributed by atoms with van der Waals surface area (Å²) in [5.74, 6) is -0.0822. The lowest BCUT2D eigenvalue weighted by Crippen LogP contribution is -2.20. The summed E-state index contributed by atoms with van der Waals surface area (Å²) in [4.78, 5) is 28.8. The van der Waals surface area contributed by atoms with Crippen molar-refractivity contribution >= 4 is 34.8 Å². The predicted octanol–water partition coefficient (Wildman–Crippen LogP) is 2.34. The number of carbonyl (C=O) groups excluding carboxylic acids is 1. The number of benzene rings is 1. The van der Waals surface area contributed by atoms with Crippen LogP contribution in [0.1, 0.15) is 10.5 Å². The second kappa shape index (κ2) is 5.94. The molecule has 0 saturated heterocycles. The van der Waals surface area contributed by atoms with Crippen molar-refractivity contribution in [2.24, 2.45) is 0 Å². The molecule has 0 fully saturated rings. The number of carbonyl (C=O) groups is 1. The average molecular weight is 314 g/mol. The first-order chi connectivity index (χ1) is 9.49. The third kappa shape index (κ3) is 3.28. The number of hydrogen-bond donors (Lipinski definition) is 2. The first kappa shape index (κ1) is 14.4. The molecule has 0 radical (unpaired) electrons. The van der Waals surface area contributed by atoms with Gasteiger partial charge in [0.15, 0.2) is 0 Å². The van der Waals surface area contributed by atoms with Crippen molar-refractivity contribution in [3.63, 3.8) is 0 Å². The van der Waals surface area contributed by atoms with Gasteiger partial charge in [-0.25, -0.2) is 4.79 Å². The SMILES string of the molecule is COc1ccc(NC(=O)c2cc(Cl)[nH]c(=O)n2)cc1Cl. The number of nitrogens with one attached hydrogen (secondary N) is 2. The van der Waals surface area contributed by atoms with Gasteiger partial charge in [-0.2, -0.15) is 4.98 Å². The number of H-pyrrole nitrogens is 1. The Balaban J connectivity index is 2.23. The first-order valence-corrected chi connectivity index (χ1v) is 6.17. The van der Waals surface area contributed by atoms with Crippen molar-refractivity contribution < 1.29 is 9.53 Å². The number of aromatic nitrogens is 2. The highest BCUT2D eigenvalue weighted by Gasteiger charge is 2.11. The molecule has 0 aliphatic carbocycles. The zero-order valence-electron chi connectivity index (χ0n) is 10.2. The normalized spacial score (nSPS) is 10.2. The summed E-state index contributed by atoms with van der Waals surface area (Å²) < 4.78 is 5.00. The lowest BCUT2D eigenvalue weighted by atomic mass is 10.3. The van der Waals surface area contributed by atoms with E-state index < -0.39 is 11.6 Å². The van der Waals surface area contributed by atoms with Gasteiger partial charge >= 0.3 is 5.69 Å². The molecule has 0 aliphatic rings. The molecule has 1 heterocycles. The van der Waals surface area contributed by atoms with Crippen LogP contribution in [0, 0.1) is 0 Å². The van der Waals surface area contributed by atoms with Crippen LogP contribution in [0.3, 0.4) is 0 Å². The molecule has 0 unspecified atom stereocenters. The second-order valence-electron chi connectivity index (χ2n) is 3.72. The Morgan fingerprint density at radius 3 is 2.70 bits per heavy atom. The van der Waals surface area contributed by atoms with E-state index in [9.17, 15) is 9.59 Å². The maximum Gasteiger partial charge on any atom is 0.346 e. The van der Waals surface area contributed by atoms with Gasteiger partial charge in [0.1, 0.15) is 16.6 Å². The summed E-state index contributed by atoms with van der Waals surface area (Å²) in [5, 5.41) is 2.93. The number of aromatic amines is 1. The van der Waals surface area contributed by atoms with Crippen LogP contribution in [0.15, 0.2) is 29.1 Å². The third-order valence-electron chi connectivity index (χ3n) is 2.35. The molecule has 8 heteroatoms. The van der Waals surface area contributed by atoms with Crippen LogP contribution < -0.4 is 15.7 Å². The van der Waals surface area contributed by atoms with Gasteiger partial charge in [-0.1, -0.05) is 23.2 Å². The van der Waals surface area contributed by atoms with Crippen LogP contribution in [-0.2, 0) is 0 Å². The van der Waals surface area contributed by atoms with Gasteiger partial charge in [0, 0.05) is 11.8 Å². The number of methoxy groups -OCH3 is 1. The predicted molar refractivity (Wildman–Crippen MR) is 75.8 cm³/mol. The molecule has 6 nitrogen and oxygen atoms in total. The minimum absolute atomic E-state index is 0.0305. The molecule has 0 spiro atoms. The fraction of sp³-hybridized carbons (Fsp3) is 0.0833. The minimum Gasteiger partial charge on any atom is -0.495 e. The van der Waals surface area contributed by atoms with Crippen molar-refractivity contribution in [3.8, 4) is 5.75 Å². The molecule has 1 aromatic carbocycles. The summed E-state index contributed by atoms with van der Waals surface area (Å²) in [6.07, 6.45) is 0. The van der Waals surface area contributed by atoms with E-state index in [0.717, 1.165) is 0 Å². The van der Waals surface area contributed by atoms with Gasteiger partial charge in [-0.3, -0.25) is 9.78 Å². The number of rotatable bonds is 3. The molecule has 2 N–H and O–H groups in total. The van der Waals surface area contributed by atoms with E-state index in [1.807, 2.05) is 0 Å². The Bertz CT molecular complexity index is 715. The van der Waals surface area contributed by atoms with Crippen LogP contribution in [0.2, 0.25) is 10.2 Å². The number of halogens is 2. The van der Waals surface area contributed by atoms with Crippen molar-refractivity contribution in [3.05, 3.63) is 50.6 Å². The van der Waals surface area contributed by atoms with E-state index in [1.165, 1.54) is 19.2 Å². The van der Waals surface area contributed by atoms with Crippen molar-refractivity contribution in [2.75, 3.05) is 12.4 Å². The molecule has 1 aromatic heterocycles. The number of amides is 1. The Labute approximate surface area is 123 Å². The quantitative estimate of drug-likeness (QED) is 0.852. The van der Waals surface area contributed by atoms with Crippen molar-refractivity contribution in [1.82, 2.24) is 9.97 Å². The standard InChI is InChI=1S/C12H9Cl2N3O3/c1-20-9-3-2-6(4-7(9)13)15-11(18)8-5-10(14)17-12(19)16-8/h2-5H,1H3,(H,15,18)(H,16,17,19). The van der Waals surface area contributed by atoms with Gasteiger partial charge in [0.05, 0.1) is 12.1 Å². The second-order valence-corrected chi connectivity index (χ2v) is 4.54. The van der Waals surface area contributed by atoms with Crippen LogP contribution >= 0.6 is 23.2 Å². The molecular formula is C12H9Cl2N3O3. The molecule has 2 rings (SSSR count). The third-order valence-corrected chi connectivity index (χ3v) is 2.85. The van der Waals surface area contributed by atoms with Gasteiger partial charge in [0.2, 0.25) is 0 Å². The van der Waals surface area contributed by atoms with E-state index in [2.05, 4.69) is 15.3 Å². The average Bonchev–Trinajstić information content (AvgIpc) is 2.37. The Morgan fingerprint density at radius 2 is 2.10 bits per heavy atom. The van der Waals surface area contributed by atoms with E-state index in [4.69, 9.17) is 27.9 Å². The monoisotopic (exact) mass is 313 g/mol. The van der Waals surface area contributed by atoms with Crippen molar-refractivity contribution in [1.29, 1.82) is 0 Å². The molecular weight excluding hydrogens is 305 g/mol. The molecule has 0 aliphatic heterocycles. The number of hydrogen-bond acceptors (Lipinski definition) is 4. The molecule has 104 valence electrons. The molecule has 0 atom stereocenters. The molecule has 0 saturated carbocycles. The minimum atomic E-state index is -0.699. The van der Waals surface area contributed by atoms with E-state index in [0.29, 0.717) is 16.5 Å². The largest absolute Gasteiger partial charge is 0.495 e. The van der Waals surface area contributed by atoms with Gasteiger partial charge in [-0.15, -0.1) is 0 Å². The smallest absolute Gasteiger partial charge is 0.346 e. The lowest BCUT2D eigenvalue weighted by molar-refractivity contribution is 0.102. The van der Waals surface area contributed by atoms with E-state index >= 15 is 0 Å². The van der Waals surface area contributed by atoms with Crippen LogP contribution in [0.25, 0.3) is 0 Å². The summed E-state index contributed by atoms with van der Waals surface area (Å²) in [7, 11) is 1.49. The summed E-state index contributed by atoms with van der Waals surface area (Å²) >= 11 is 11.6. The Hall–Kier alpha value is -2.05. The maximum atomic E-state index is 11.9. The lowest BCUT2D eigenvalue weighted by Gasteiger charge is -2.07. The van der Waals surface area contributed by atoms with Crippen molar-refractivity contribution in [2.45, 2.75) is 0 Å². The Kier molecular flexibility index (Phi) is 4.26. The summed E-state index contributed by atoms with van der Waals surface area (Å²) in [6.45, 7) is 0. The van der Waals surface area contributed by atoms with Crippen LogP contribution in [0.4, 0.5) is 5.69 Å². The summed E-state index contributed by atoms with van der Waals surface area (Å²) in [5.41, 5.74) is -0.347. The highest BCUT2D eigenvalue weighted by atomic mass is 35.5. The van der Waals surface area contributed by atoms with E-state index in [-0.39, 0.29) is 10.8 Å². The topological polar surface area (TPSA) is 84.1 Å². The van der Waals surface area contributed by atoms with Gasteiger partial charge < -0.3 is 10.1 Å². The van der Waals surface area contributed by atoms with E-state index in [1.54, 1.807) is 12.1 Å². The zero-order valence-corrected chi connectivity index (χ0v) is 11.7. The summed E-state index contributed by atoms with van der Waals surface area (Å²) in [6, 6.07) is 5.99. The highest BCUT2D eigenvalue weighted by molar-refractivity contribution is 6.32. The maximum absolute atomic E-state index is 11.9. The Morgan fingerprint density at radius 1 is 1.35 bits per heavy atom. The molecule has 20 heavy (non-hydrogen) atoms. The number of nitrogens with zero attached hydrogens (tertiary/aromatic N) is 1. The van der Waals surface area contributed by atoms with Crippen LogP contribution in [-0.4, -0.2) is 23.0 Å². The zero-order chi connectivity index (χ0) is 14.7. The highest BCUT2D eigenvalue weighted by Crippen LogP contribution is 2.27. The fourth-order valence-corrected chi connectivity index (χ4v) is 1.93. The molecule has 0 bridgehead atoms. The fourth-order valence-electron chi connectivity index (χ4n) is 1.48. The molecule has 2 aromatic rings. The van der Waals surface area contributed by atoms with Gasteiger partial charge in [-0.05, 0) is 18.2 Å². The van der Waals surface area contributed by atoms with Gasteiger partial charge in [0.25, 0.3) is 5.91 Å². The number of anilines is 1. The first-order valence-electron chi connectivity index (χ1n) is 5.41.